The number of fused-ring (bicyclic) bond motifs is 1. The lowest BCUT2D eigenvalue weighted by Crippen LogP contribution is -1.88. The maximum absolute atomic E-state index is 6.05. The summed E-state index contributed by atoms with van der Waals surface area (Å²) in [6.07, 6.45) is 3.50. The van der Waals surface area contributed by atoms with Crippen LogP contribution < -0.4 is 0 Å². The molecule has 3 aromatic rings. The number of aromatic nitrogens is 3. The largest absolute Gasteiger partial charge is 0.265 e. The zero-order chi connectivity index (χ0) is 11.0. The number of halogens is 1. The smallest absolute Gasteiger partial charge is 0.131 e. The topological polar surface area (TPSA) is 30.2 Å². The summed E-state index contributed by atoms with van der Waals surface area (Å²) in [6, 6.07) is 11.6. The number of rotatable bonds is 1. The van der Waals surface area contributed by atoms with E-state index in [0.717, 1.165) is 16.8 Å². The normalized spacial score (nSPS) is 10.8. The molecule has 0 fully saturated rings. The van der Waals surface area contributed by atoms with E-state index < -0.39 is 0 Å². The quantitative estimate of drug-likeness (QED) is 0.601. The van der Waals surface area contributed by atoms with Crippen molar-refractivity contribution in [2.45, 2.75) is 0 Å². The van der Waals surface area contributed by atoms with Gasteiger partial charge >= 0.3 is 0 Å². The first-order valence-electron chi connectivity index (χ1n) is 4.89. The van der Waals surface area contributed by atoms with Crippen LogP contribution in [0.25, 0.3) is 16.8 Å². The summed E-state index contributed by atoms with van der Waals surface area (Å²) in [7, 11) is 0. The molecule has 0 aliphatic heterocycles. The van der Waals surface area contributed by atoms with Crippen LogP contribution in [0.1, 0.15) is 0 Å². The maximum Gasteiger partial charge on any atom is 0.131 e. The van der Waals surface area contributed by atoms with Crippen molar-refractivity contribution in [3.8, 4) is 11.3 Å². The highest BCUT2D eigenvalue weighted by molar-refractivity contribution is 6.29. The Labute approximate surface area is 97.3 Å². The molecule has 0 N–H and O–H groups in total. The summed E-state index contributed by atoms with van der Waals surface area (Å²) in [4.78, 5) is 3.98. The van der Waals surface area contributed by atoms with Crippen molar-refractivity contribution in [1.29, 1.82) is 0 Å². The average Bonchev–Trinajstić information content (AvgIpc) is 2.76. The van der Waals surface area contributed by atoms with Gasteiger partial charge in [-0.25, -0.2) is 4.52 Å². The maximum atomic E-state index is 6.05. The monoisotopic (exact) mass is 229 g/mol. The zero-order valence-corrected chi connectivity index (χ0v) is 9.09. The van der Waals surface area contributed by atoms with Crippen LogP contribution in [-0.4, -0.2) is 14.6 Å². The molecule has 0 aliphatic rings. The van der Waals surface area contributed by atoms with Crippen LogP contribution in [0.3, 0.4) is 0 Å². The minimum atomic E-state index is 0.609. The van der Waals surface area contributed by atoms with E-state index in [9.17, 15) is 0 Å². The summed E-state index contributed by atoms with van der Waals surface area (Å²) in [6.45, 7) is 0. The van der Waals surface area contributed by atoms with Crippen molar-refractivity contribution in [2.24, 2.45) is 0 Å². The van der Waals surface area contributed by atoms with Gasteiger partial charge in [0.25, 0.3) is 0 Å². The lowest BCUT2D eigenvalue weighted by molar-refractivity contribution is 0.966. The molecule has 0 amide bonds. The van der Waals surface area contributed by atoms with Gasteiger partial charge in [0.15, 0.2) is 0 Å². The molecule has 0 aromatic carbocycles. The fourth-order valence-electron chi connectivity index (χ4n) is 1.65. The predicted molar refractivity (Wildman–Crippen MR) is 63.4 cm³/mol. The van der Waals surface area contributed by atoms with Gasteiger partial charge in [0.1, 0.15) is 5.15 Å². The molecule has 0 atom stereocenters. The van der Waals surface area contributed by atoms with E-state index in [1.807, 2.05) is 36.4 Å². The van der Waals surface area contributed by atoms with Crippen molar-refractivity contribution in [3.05, 3.63) is 53.9 Å². The van der Waals surface area contributed by atoms with Crippen LogP contribution >= 0.6 is 11.6 Å². The molecule has 0 aliphatic carbocycles. The zero-order valence-electron chi connectivity index (χ0n) is 8.34. The van der Waals surface area contributed by atoms with Crippen LogP contribution in [0.4, 0.5) is 0 Å². The van der Waals surface area contributed by atoms with E-state index in [1.54, 1.807) is 16.9 Å². The molecule has 3 aromatic heterocycles. The van der Waals surface area contributed by atoms with Gasteiger partial charge in [-0.15, -0.1) is 0 Å². The summed E-state index contributed by atoms with van der Waals surface area (Å²) >= 11 is 6.05. The second-order valence-electron chi connectivity index (χ2n) is 3.45. The van der Waals surface area contributed by atoms with Crippen LogP contribution in [0.5, 0.6) is 0 Å². The highest BCUT2D eigenvalue weighted by Gasteiger charge is 2.05. The minimum absolute atomic E-state index is 0.609. The SMILES string of the molecule is Clc1cccc2cc(-c3ccncc3)nn12. The van der Waals surface area contributed by atoms with Gasteiger partial charge in [-0.3, -0.25) is 4.98 Å². The predicted octanol–water partition coefficient (Wildman–Crippen LogP) is 3.05. The molecule has 0 spiro atoms. The van der Waals surface area contributed by atoms with Crippen LogP contribution in [-0.2, 0) is 0 Å². The highest BCUT2D eigenvalue weighted by atomic mass is 35.5. The number of nitrogens with zero attached hydrogens (tertiary/aromatic N) is 3. The molecule has 16 heavy (non-hydrogen) atoms. The van der Waals surface area contributed by atoms with E-state index in [4.69, 9.17) is 11.6 Å². The molecule has 3 nitrogen and oxygen atoms in total. The van der Waals surface area contributed by atoms with E-state index in [2.05, 4.69) is 10.1 Å². The molecule has 78 valence electrons. The Kier molecular flexibility index (Phi) is 2.11. The Morgan fingerprint density at radius 1 is 1.06 bits per heavy atom. The van der Waals surface area contributed by atoms with Gasteiger partial charge in [-0.2, -0.15) is 5.10 Å². The first kappa shape index (κ1) is 9.36. The lowest BCUT2D eigenvalue weighted by Gasteiger charge is -1.94. The fraction of sp³-hybridized carbons (Fsp3) is 0. The Balaban J connectivity index is 2.23. The first-order chi connectivity index (χ1) is 7.84. The number of hydrogen-bond acceptors (Lipinski definition) is 2. The minimum Gasteiger partial charge on any atom is -0.265 e. The summed E-state index contributed by atoms with van der Waals surface area (Å²) in [5.41, 5.74) is 2.92. The van der Waals surface area contributed by atoms with E-state index in [-0.39, 0.29) is 0 Å². The average molecular weight is 230 g/mol. The highest BCUT2D eigenvalue weighted by Crippen LogP contribution is 2.21. The first-order valence-corrected chi connectivity index (χ1v) is 5.27. The Bertz CT molecular complexity index is 631. The van der Waals surface area contributed by atoms with Crippen molar-refractivity contribution < 1.29 is 0 Å². The standard InChI is InChI=1S/C12H8ClN3/c13-12-3-1-2-10-8-11(15-16(10)12)9-4-6-14-7-5-9/h1-8H. The van der Waals surface area contributed by atoms with Crippen LogP contribution in [0.2, 0.25) is 5.15 Å². The summed E-state index contributed by atoms with van der Waals surface area (Å²) in [5, 5.41) is 5.05. The van der Waals surface area contributed by atoms with Crippen molar-refractivity contribution in [2.75, 3.05) is 0 Å². The third kappa shape index (κ3) is 1.46. The fourth-order valence-corrected chi connectivity index (χ4v) is 1.85. The summed E-state index contributed by atoms with van der Waals surface area (Å²) in [5.74, 6) is 0. The van der Waals surface area contributed by atoms with Crippen molar-refractivity contribution >= 4 is 17.1 Å². The van der Waals surface area contributed by atoms with E-state index >= 15 is 0 Å². The molecule has 3 rings (SSSR count). The number of hydrogen-bond donors (Lipinski definition) is 0. The van der Waals surface area contributed by atoms with E-state index in [0.29, 0.717) is 5.15 Å². The van der Waals surface area contributed by atoms with Gasteiger partial charge in [-0.1, -0.05) is 17.7 Å². The molecule has 0 saturated carbocycles. The Hall–Kier alpha value is -1.87. The van der Waals surface area contributed by atoms with Crippen LogP contribution in [0, 0.1) is 0 Å². The molecule has 0 radical (unpaired) electrons. The van der Waals surface area contributed by atoms with Crippen molar-refractivity contribution in [1.82, 2.24) is 14.6 Å². The van der Waals surface area contributed by atoms with Gasteiger partial charge in [-0.05, 0) is 30.3 Å². The Morgan fingerprint density at radius 3 is 2.62 bits per heavy atom. The second kappa shape index (κ2) is 3.61. The van der Waals surface area contributed by atoms with Gasteiger partial charge in [0, 0.05) is 18.0 Å². The van der Waals surface area contributed by atoms with Gasteiger partial charge < -0.3 is 0 Å². The third-order valence-electron chi connectivity index (χ3n) is 2.42. The molecule has 4 heteroatoms. The van der Waals surface area contributed by atoms with Crippen molar-refractivity contribution in [3.63, 3.8) is 0 Å². The molecule has 0 unspecified atom stereocenters. The molecular weight excluding hydrogens is 222 g/mol. The van der Waals surface area contributed by atoms with Gasteiger partial charge in [0.2, 0.25) is 0 Å². The molecular formula is C12H8ClN3. The number of pyridine rings is 2. The van der Waals surface area contributed by atoms with E-state index in [1.165, 1.54) is 0 Å². The molecule has 3 heterocycles. The summed E-state index contributed by atoms with van der Waals surface area (Å²) < 4.78 is 1.72. The molecule has 0 saturated heterocycles. The second-order valence-corrected chi connectivity index (χ2v) is 3.84. The third-order valence-corrected chi connectivity index (χ3v) is 2.70. The lowest BCUT2D eigenvalue weighted by atomic mass is 10.2. The Morgan fingerprint density at radius 2 is 1.88 bits per heavy atom. The van der Waals surface area contributed by atoms with Crippen LogP contribution in [0.15, 0.2) is 48.8 Å². The molecule has 0 bridgehead atoms. The van der Waals surface area contributed by atoms with Gasteiger partial charge in [0.05, 0.1) is 11.2 Å².